The van der Waals surface area contributed by atoms with Crippen LogP contribution in [-0.4, -0.2) is 43.0 Å². The minimum Gasteiger partial charge on any atom is -0.450 e. The summed E-state index contributed by atoms with van der Waals surface area (Å²) in [6, 6.07) is -0.326. The molecule has 0 spiro atoms. The van der Waals surface area contributed by atoms with Crippen molar-refractivity contribution in [3.05, 3.63) is 0 Å². The first-order chi connectivity index (χ1) is 8.60. The lowest BCUT2D eigenvalue weighted by molar-refractivity contribution is 0.132. The summed E-state index contributed by atoms with van der Waals surface area (Å²) < 4.78 is 4.93. The lowest BCUT2D eigenvalue weighted by atomic mass is 10.2. The number of rotatable bonds is 9. The highest BCUT2D eigenvalue weighted by Gasteiger charge is 2.11. The van der Waals surface area contributed by atoms with E-state index < -0.39 is 6.09 Å². The van der Waals surface area contributed by atoms with Crippen LogP contribution in [0, 0.1) is 0 Å². The first kappa shape index (κ1) is 16.5. The summed E-state index contributed by atoms with van der Waals surface area (Å²) >= 11 is 0. The van der Waals surface area contributed by atoms with Crippen molar-refractivity contribution in [2.45, 2.75) is 38.6 Å². The van der Waals surface area contributed by atoms with Crippen molar-refractivity contribution in [1.82, 2.24) is 5.32 Å². The third-order valence-electron chi connectivity index (χ3n) is 2.28. The number of nitrogens with two attached hydrogens (primary N) is 2. The van der Waals surface area contributed by atoms with Gasteiger partial charge in [-0.05, 0) is 19.3 Å². The van der Waals surface area contributed by atoms with Gasteiger partial charge in [-0.25, -0.2) is 4.79 Å². The molecule has 0 fully saturated rings. The number of nitrogens with one attached hydrogen (secondary N) is 1. The fourth-order valence-electron chi connectivity index (χ4n) is 1.27. The third-order valence-corrected chi connectivity index (χ3v) is 2.28. The van der Waals surface area contributed by atoms with Gasteiger partial charge < -0.3 is 26.6 Å². The van der Waals surface area contributed by atoms with E-state index in [9.17, 15) is 4.79 Å². The predicted molar refractivity (Wildman–Crippen MR) is 70.2 cm³/mol. The van der Waals surface area contributed by atoms with Gasteiger partial charge in [-0.3, -0.25) is 4.99 Å². The summed E-state index contributed by atoms with van der Waals surface area (Å²) in [4.78, 5) is 15.1. The zero-order chi connectivity index (χ0) is 13.8. The van der Waals surface area contributed by atoms with Gasteiger partial charge in [0.15, 0.2) is 5.96 Å². The molecular formula is C11H24N4O3. The Bertz CT molecular complexity index is 255. The molecule has 0 saturated heterocycles. The Balaban J connectivity index is 3.74. The Hall–Kier alpha value is -1.50. The molecule has 1 unspecified atom stereocenters. The molecule has 0 aliphatic rings. The molecule has 6 N–H and O–H groups in total. The summed E-state index contributed by atoms with van der Waals surface area (Å²) in [5.74, 6) is 0.0440. The van der Waals surface area contributed by atoms with Crippen molar-refractivity contribution in [2.24, 2.45) is 16.5 Å². The number of nitrogens with zero attached hydrogens (tertiary/aromatic N) is 1. The van der Waals surface area contributed by atoms with Crippen LogP contribution in [0.2, 0.25) is 0 Å². The largest absolute Gasteiger partial charge is 0.450 e. The molecule has 0 aromatic rings. The number of carbonyl (C=O) groups excluding carboxylic acids is 1. The van der Waals surface area contributed by atoms with Crippen molar-refractivity contribution >= 4 is 12.1 Å². The Labute approximate surface area is 108 Å². The summed E-state index contributed by atoms with van der Waals surface area (Å²) in [7, 11) is 0. The number of ether oxygens (including phenoxy) is 1. The fourth-order valence-corrected chi connectivity index (χ4v) is 1.27. The average molecular weight is 260 g/mol. The van der Waals surface area contributed by atoms with Gasteiger partial charge in [0, 0.05) is 6.54 Å². The van der Waals surface area contributed by atoms with Crippen LogP contribution >= 0.6 is 0 Å². The second-order valence-electron chi connectivity index (χ2n) is 3.96. The molecule has 0 bridgehead atoms. The van der Waals surface area contributed by atoms with Crippen LogP contribution in [0.4, 0.5) is 4.79 Å². The molecule has 7 nitrogen and oxygen atoms in total. The number of hydrogen-bond donors (Lipinski definition) is 4. The number of carbonyl (C=O) groups is 1. The number of amides is 1. The van der Waals surface area contributed by atoms with Crippen molar-refractivity contribution < 1.29 is 14.6 Å². The van der Waals surface area contributed by atoms with E-state index in [1.54, 1.807) is 0 Å². The lowest BCUT2D eigenvalue weighted by Gasteiger charge is -2.15. The first-order valence-corrected chi connectivity index (χ1v) is 6.19. The minimum absolute atomic E-state index is 0.0440. The standard InChI is InChI=1S/C11H24N4O3/c1-2-3-7-18-11(17)15-9(8-16)5-4-6-14-10(12)13/h9,16H,2-8H2,1H3,(H,15,17)(H4,12,13,14). The van der Waals surface area contributed by atoms with Crippen LogP contribution < -0.4 is 16.8 Å². The number of aliphatic hydroxyl groups is 1. The molecule has 0 saturated carbocycles. The number of unbranched alkanes of at least 4 members (excludes halogenated alkanes) is 1. The van der Waals surface area contributed by atoms with Crippen LogP contribution in [0.25, 0.3) is 0 Å². The van der Waals surface area contributed by atoms with E-state index in [4.69, 9.17) is 21.3 Å². The molecule has 7 heteroatoms. The van der Waals surface area contributed by atoms with Gasteiger partial charge in [0.1, 0.15) is 0 Å². The van der Waals surface area contributed by atoms with E-state index >= 15 is 0 Å². The topological polar surface area (TPSA) is 123 Å². The van der Waals surface area contributed by atoms with E-state index in [1.807, 2.05) is 6.92 Å². The van der Waals surface area contributed by atoms with Crippen LogP contribution in [0.1, 0.15) is 32.6 Å². The molecule has 106 valence electrons. The second kappa shape index (κ2) is 10.6. The number of guanidine groups is 1. The molecule has 1 amide bonds. The van der Waals surface area contributed by atoms with Crippen molar-refractivity contribution in [3.63, 3.8) is 0 Å². The van der Waals surface area contributed by atoms with Gasteiger partial charge in [-0.1, -0.05) is 13.3 Å². The molecule has 0 aromatic heterocycles. The average Bonchev–Trinajstić information content (AvgIpc) is 2.33. The van der Waals surface area contributed by atoms with E-state index in [0.717, 1.165) is 12.8 Å². The normalized spacial score (nSPS) is 11.7. The van der Waals surface area contributed by atoms with Crippen molar-refractivity contribution in [2.75, 3.05) is 19.8 Å². The van der Waals surface area contributed by atoms with E-state index in [0.29, 0.717) is 26.0 Å². The maximum absolute atomic E-state index is 11.3. The zero-order valence-electron chi connectivity index (χ0n) is 10.9. The highest BCUT2D eigenvalue weighted by atomic mass is 16.5. The van der Waals surface area contributed by atoms with Gasteiger partial charge in [-0.15, -0.1) is 0 Å². The number of alkyl carbamates (subject to hydrolysis) is 1. The van der Waals surface area contributed by atoms with Gasteiger partial charge in [-0.2, -0.15) is 0 Å². The van der Waals surface area contributed by atoms with Crippen molar-refractivity contribution in [3.8, 4) is 0 Å². The van der Waals surface area contributed by atoms with Crippen LogP contribution in [0.3, 0.4) is 0 Å². The van der Waals surface area contributed by atoms with Gasteiger partial charge >= 0.3 is 6.09 Å². The molecular weight excluding hydrogens is 236 g/mol. The van der Waals surface area contributed by atoms with Crippen LogP contribution in [0.5, 0.6) is 0 Å². The number of aliphatic imine (C=N–C) groups is 1. The molecule has 0 aliphatic carbocycles. The smallest absolute Gasteiger partial charge is 0.407 e. The maximum atomic E-state index is 11.3. The Morgan fingerprint density at radius 2 is 2.17 bits per heavy atom. The molecule has 0 aliphatic heterocycles. The first-order valence-electron chi connectivity index (χ1n) is 6.19. The maximum Gasteiger partial charge on any atom is 0.407 e. The van der Waals surface area contributed by atoms with Crippen LogP contribution in [0.15, 0.2) is 4.99 Å². The molecule has 1 atom stereocenters. The quantitative estimate of drug-likeness (QED) is 0.262. The molecule has 18 heavy (non-hydrogen) atoms. The molecule has 0 heterocycles. The van der Waals surface area contributed by atoms with E-state index in [-0.39, 0.29) is 18.6 Å². The summed E-state index contributed by atoms with van der Waals surface area (Å²) in [6.45, 7) is 2.76. The highest BCUT2D eigenvalue weighted by Crippen LogP contribution is 1.98. The van der Waals surface area contributed by atoms with E-state index in [1.165, 1.54) is 0 Å². The lowest BCUT2D eigenvalue weighted by Crippen LogP contribution is -2.38. The Kier molecular flexibility index (Phi) is 9.75. The van der Waals surface area contributed by atoms with Gasteiger partial charge in [0.05, 0.1) is 19.3 Å². The van der Waals surface area contributed by atoms with Gasteiger partial charge in [0.25, 0.3) is 0 Å². The zero-order valence-corrected chi connectivity index (χ0v) is 10.9. The monoisotopic (exact) mass is 260 g/mol. The SMILES string of the molecule is CCCCOC(=O)NC(CO)CCCN=C(N)N. The highest BCUT2D eigenvalue weighted by molar-refractivity contribution is 5.75. The Morgan fingerprint density at radius 1 is 1.44 bits per heavy atom. The number of aliphatic hydroxyl groups excluding tert-OH is 1. The molecule has 0 rings (SSSR count). The van der Waals surface area contributed by atoms with Gasteiger partial charge in [0.2, 0.25) is 0 Å². The second-order valence-corrected chi connectivity index (χ2v) is 3.96. The van der Waals surface area contributed by atoms with Crippen molar-refractivity contribution in [1.29, 1.82) is 0 Å². The van der Waals surface area contributed by atoms with Crippen LogP contribution in [-0.2, 0) is 4.74 Å². The minimum atomic E-state index is -0.496. The molecule has 0 aromatic carbocycles. The summed E-state index contributed by atoms with van der Waals surface area (Å²) in [5.41, 5.74) is 10.4. The number of hydrogen-bond acceptors (Lipinski definition) is 4. The fraction of sp³-hybridized carbons (Fsp3) is 0.818. The summed E-state index contributed by atoms with van der Waals surface area (Å²) in [6.07, 6.45) is 2.58. The van der Waals surface area contributed by atoms with E-state index in [2.05, 4.69) is 10.3 Å². The Morgan fingerprint density at radius 3 is 2.72 bits per heavy atom. The third kappa shape index (κ3) is 9.71. The predicted octanol–water partition coefficient (Wildman–Crippen LogP) is -0.0728. The molecule has 0 radical (unpaired) electrons. The summed E-state index contributed by atoms with van der Waals surface area (Å²) in [5, 5.41) is 11.7.